The lowest BCUT2D eigenvalue weighted by Gasteiger charge is -2.09. The molecule has 0 saturated carbocycles. The maximum absolute atomic E-state index is 12.1. The van der Waals surface area contributed by atoms with E-state index in [1.54, 1.807) is 6.20 Å². The van der Waals surface area contributed by atoms with Crippen molar-refractivity contribution in [1.82, 2.24) is 4.98 Å². The molecule has 0 spiro atoms. The van der Waals surface area contributed by atoms with Crippen LogP contribution < -0.4 is 11.1 Å². The zero-order chi connectivity index (χ0) is 22.1. The summed E-state index contributed by atoms with van der Waals surface area (Å²) >= 11 is 0. The number of nitrogens with two attached hydrogens (primary N) is 1. The van der Waals surface area contributed by atoms with Gasteiger partial charge in [0.2, 0.25) is 5.91 Å². The van der Waals surface area contributed by atoms with E-state index < -0.39 is 24.3 Å². The standard InChI is InChI=1S/C21H23N3O4.C2H6/c22-17(11-20(26)27)21(28)24-19-12-23-18-10-15(7-8-16(18)19)14-5-3-13(4-6-14)2-1-9-25;1-2/h3-8,10,12,17,23,25H,1-2,9,11,22H2,(H,24,28)(H,26,27);1-2H3/t17-;/m1./s1. The Kier molecular flexibility index (Phi) is 8.58. The van der Waals surface area contributed by atoms with Crippen LogP contribution in [0.3, 0.4) is 0 Å². The van der Waals surface area contributed by atoms with Gasteiger partial charge in [-0.1, -0.05) is 50.2 Å². The highest BCUT2D eigenvalue weighted by atomic mass is 16.4. The van der Waals surface area contributed by atoms with Gasteiger partial charge in [0.25, 0.3) is 0 Å². The van der Waals surface area contributed by atoms with Crippen LogP contribution in [0.5, 0.6) is 0 Å². The van der Waals surface area contributed by atoms with Gasteiger partial charge >= 0.3 is 5.97 Å². The number of rotatable bonds is 8. The molecule has 3 aromatic rings. The van der Waals surface area contributed by atoms with Gasteiger partial charge in [-0.05, 0) is 35.6 Å². The summed E-state index contributed by atoms with van der Waals surface area (Å²) in [5.74, 6) is -1.65. The number of amides is 1. The normalized spacial score (nSPS) is 11.5. The van der Waals surface area contributed by atoms with E-state index in [2.05, 4.69) is 22.4 Å². The molecule has 0 unspecified atom stereocenters. The Bertz CT molecular complexity index is 980. The molecule has 7 heteroatoms. The molecule has 0 saturated heterocycles. The number of aromatic nitrogens is 1. The van der Waals surface area contributed by atoms with Crippen molar-refractivity contribution in [3.05, 3.63) is 54.2 Å². The number of carboxylic acid groups (broad SMARTS) is 1. The summed E-state index contributed by atoms with van der Waals surface area (Å²) in [5, 5.41) is 21.2. The van der Waals surface area contributed by atoms with Crippen molar-refractivity contribution in [1.29, 1.82) is 0 Å². The number of aromatic amines is 1. The summed E-state index contributed by atoms with van der Waals surface area (Å²) in [6, 6.07) is 13.0. The van der Waals surface area contributed by atoms with Crippen molar-refractivity contribution in [2.24, 2.45) is 5.73 Å². The highest BCUT2D eigenvalue weighted by Gasteiger charge is 2.18. The number of aliphatic hydroxyl groups excluding tert-OH is 1. The second-order valence-corrected chi connectivity index (χ2v) is 6.68. The van der Waals surface area contributed by atoms with Crippen LogP contribution in [0.25, 0.3) is 22.0 Å². The Labute approximate surface area is 175 Å². The zero-order valence-corrected chi connectivity index (χ0v) is 17.3. The molecule has 0 radical (unpaired) electrons. The highest BCUT2D eigenvalue weighted by molar-refractivity contribution is 6.04. The van der Waals surface area contributed by atoms with Crippen LogP contribution >= 0.6 is 0 Å². The molecule has 0 aliphatic carbocycles. The lowest BCUT2D eigenvalue weighted by Crippen LogP contribution is -2.37. The molecule has 0 aliphatic rings. The molecule has 1 atom stereocenters. The predicted octanol–water partition coefficient (Wildman–Crippen LogP) is 3.53. The summed E-state index contributed by atoms with van der Waals surface area (Å²) in [4.78, 5) is 25.9. The molecule has 0 bridgehead atoms. The van der Waals surface area contributed by atoms with Gasteiger partial charge in [0.15, 0.2) is 0 Å². The first-order valence-corrected chi connectivity index (χ1v) is 10.1. The van der Waals surface area contributed by atoms with E-state index in [1.165, 1.54) is 5.56 Å². The number of carbonyl (C=O) groups excluding carboxylic acids is 1. The van der Waals surface area contributed by atoms with Gasteiger partial charge in [-0.3, -0.25) is 9.59 Å². The Balaban J connectivity index is 0.00000155. The molecule has 0 aliphatic heterocycles. The van der Waals surface area contributed by atoms with Gasteiger partial charge in [-0.2, -0.15) is 0 Å². The maximum Gasteiger partial charge on any atom is 0.305 e. The van der Waals surface area contributed by atoms with Crippen LogP contribution in [0.4, 0.5) is 5.69 Å². The number of aliphatic hydroxyl groups is 1. The fourth-order valence-corrected chi connectivity index (χ4v) is 3.06. The molecule has 30 heavy (non-hydrogen) atoms. The van der Waals surface area contributed by atoms with E-state index in [4.69, 9.17) is 15.9 Å². The van der Waals surface area contributed by atoms with Crippen LogP contribution in [0.1, 0.15) is 32.3 Å². The number of nitrogens with one attached hydrogen (secondary N) is 2. The number of hydrogen-bond acceptors (Lipinski definition) is 4. The zero-order valence-electron chi connectivity index (χ0n) is 17.3. The lowest BCUT2D eigenvalue weighted by molar-refractivity contribution is -0.138. The van der Waals surface area contributed by atoms with Crippen LogP contribution in [0, 0.1) is 0 Å². The minimum Gasteiger partial charge on any atom is -0.481 e. The van der Waals surface area contributed by atoms with Crippen molar-refractivity contribution in [2.45, 2.75) is 39.2 Å². The number of aryl methyl sites for hydroxylation is 1. The number of H-pyrrole nitrogens is 1. The highest BCUT2D eigenvalue weighted by Crippen LogP contribution is 2.29. The number of aliphatic carboxylic acids is 1. The van der Waals surface area contributed by atoms with Crippen LogP contribution in [-0.4, -0.2) is 39.7 Å². The fourth-order valence-electron chi connectivity index (χ4n) is 3.06. The first kappa shape index (κ1) is 23.1. The van der Waals surface area contributed by atoms with E-state index in [1.807, 2.05) is 44.2 Å². The van der Waals surface area contributed by atoms with Crippen molar-refractivity contribution in [3.8, 4) is 11.1 Å². The first-order valence-electron chi connectivity index (χ1n) is 10.1. The van der Waals surface area contributed by atoms with Gasteiger partial charge in [-0.25, -0.2) is 0 Å². The molecule has 6 N–H and O–H groups in total. The number of benzene rings is 2. The lowest BCUT2D eigenvalue weighted by atomic mass is 10.0. The SMILES string of the molecule is CC.N[C@H](CC(=O)O)C(=O)Nc1c[nH]c2cc(-c3ccc(CCCO)cc3)ccc12. The molecule has 3 rings (SSSR count). The summed E-state index contributed by atoms with van der Waals surface area (Å²) in [6.45, 7) is 4.19. The molecule has 2 aromatic carbocycles. The molecule has 0 fully saturated rings. The van der Waals surface area contributed by atoms with Gasteiger partial charge in [0.05, 0.1) is 18.2 Å². The van der Waals surface area contributed by atoms with Crippen LogP contribution in [0.15, 0.2) is 48.7 Å². The predicted molar refractivity (Wildman–Crippen MR) is 119 cm³/mol. The van der Waals surface area contributed by atoms with Gasteiger partial charge < -0.3 is 26.2 Å². The molecule has 1 heterocycles. The molecule has 160 valence electrons. The Morgan fingerprint density at radius 3 is 2.40 bits per heavy atom. The number of hydrogen-bond donors (Lipinski definition) is 5. The third kappa shape index (κ3) is 5.92. The van der Waals surface area contributed by atoms with Gasteiger partial charge in [0, 0.05) is 23.7 Å². The van der Waals surface area contributed by atoms with E-state index in [9.17, 15) is 9.59 Å². The smallest absolute Gasteiger partial charge is 0.305 e. The Hall–Kier alpha value is -3.16. The van der Waals surface area contributed by atoms with Gasteiger partial charge in [0.1, 0.15) is 0 Å². The summed E-state index contributed by atoms with van der Waals surface area (Å²) in [5.41, 5.74) is 10.3. The van der Waals surface area contributed by atoms with Crippen molar-refractivity contribution in [2.75, 3.05) is 11.9 Å². The molecule has 1 aromatic heterocycles. The topological polar surface area (TPSA) is 128 Å². The molecular weight excluding hydrogens is 382 g/mol. The number of fused-ring (bicyclic) bond motifs is 1. The fraction of sp³-hybridized carbons (Fsp3) is 0.304. The molecule has 1 amide bonds. The summed E-state index contributed by atoms with van der Waals surface area (Å²) < 4.78 is 0. The number of carboxylic acids is 1. The molecule has 7 nitrogen and oxygen atoms in total. The summed E-state index contributed by atoms with van der Waals surface area (Å²) in [7, 11) is 0. The Morgan fingerprint density at radius 2 is 1.77 bits per heavy atom. The second kappa shape index (κ2) is 11.1. The third-order valence-corrected chi connectivity index (χ3v) is 4.58. The number of carbonyl (C=O) groups is 2. The minimum atomic E-state index is -1.12. The largest absolute Gasteiger partial charge is 0.481 e. The second-order valence-electron chi connectivity index (χ2n) is 6.68. The average molecular weight is 412 g/mol. The maximum atomic E-state index is 12.1. The van der Waals surface area contributed by atoms with E-state index in [0.717, 1.165) is 34.9 Å². The average Bonchev–Trinajstić information content (AvgIpc) is 3.15. The van der Waals surface area contributed by atoms with Crippen molar-refractivity contribution >= 4 is 28.5 Å². The number of anilines is 1. The van der Waals surface area contributed by atoms with E-state index in [-0.39, 0.29) is 6.61 Å². The van der Waals surface area contributed by atoms with E-state index >= 15 is 0 Å². The van der Waals surface area contributed by atoms with Crippen molar-refractivity contribution < 1.29 is 19.8 Å². The quantitative estimate of drug-likeness (QED) is 0.387. The summed E-state index contributed by atoms with van der Waals surface area (Å²) in [6.07, 6.45) is 2.84. The molecular formula is C23H29N3O4. The van der Waals surface area contributed by atoms with E-state index in [0.29, 0.717) is 5.69 Å². The Morgan fingerprint density at radius 1 is 1.10 bits per heavy atom. The van der Waals surface area contributed by atoms with Gasteiger partial charge in [-0.15, -0.1) is 0 Å². The third-order valence-electron chi connectivity index (χ3n) is 4.58. The van der Waals surface area contributed by atoms with Crippen molar-refractivity contribution in [3.63, 3.8) is 0 Å². The minimum absolute atomic E-state index is 0.186. The van der Waals surface area contributed by atoms with Crippen LogP contribution in [-0.2, 0) is 16.0 Å². The monoisotopic (exact) mass is 411 g/mol. The first-order chi connectivity index (χ1) is 14.5. The van der Waals surface area contributed by atoms with Crippen LogP contribution in [0.2, 0.25) is 0 Å².